The highest BCUT2D eigenvalue weighted by atomic mass is 32.3. The molecule has 2 rings (SSSR count). The molecule has 8 nitrogen and oxygen atoms in total. The van der Waals surface area contributed by atoms with E-state index in [-0.39, 0.29) is 0 Å². The maximum absolute atomic E-state index is 8.52. The van der Waals surface area contributed by atoms with Gasteiger partial charge in [0.25, 0.3) is 0 Å². The van der Waals surface area contributed by atoms with Gasteiger partial charge < -0.3 is 9.11 Å². The fourth-order valence-corrected chi connectivity index (χ4v) is 8.80. The van der Waals surface area contributed by atoms with Gasteiger partial charge in [-0.3, -0.25) is 17.4 Å². The number of amidine groups is 2. The molecule has 0 atom stereocenters. The van der Waals surface area contributed by atoms with Gasteiger partial charge in [0, 0.05) is 23.2 Å². The van der Waals surface area contributed by atoms with E-state index >= 15 is 0 Å². The summed E-state index contributed by atoms with van der Waals surface area (Å²) in [5.74, 6) is 2.99. The Labute approximate surface area is 368 Å². The zero-order valence-corrected chi connectivity index (χ0v) is 40.8. The van der Waals surface area contributed by atoms with Crippen molar-refractivity contribution in [3.05, 3.63) is 24.3 Å². The van der Waals surface area contributed by atoms with Crippen molar-refractivity contribution >= 4 is 22.1 Å². The summed E-state index contributed by atoms with van der Waals surface area (Å²) in [5, 5.41) is 0. The van der Waals surface area contributed by atoms with Crippen LogP contribution in [0.4, 0.5) is 0 Å². The molecule has 0 bridgehead atoms. The van der Waals surface area contributed by atoms with Gasteiger partial charge in [-0.15, -0.1) is 0 Å². The van der Waals surface area contributed by atoms with Crippen LogP contribution >= 0.6 is 0 Å². The summed E-state index contributed by atoms with van der Waals surface area (Å²) >= 11 is 0. The van der Waals surface area contributed by atoms with Crippen LogP contribution in [0, 0.1) is 0 Å². The zero-order valence-electron chi connectivity index (χ0n) is 40.0. The molecule has 0 unspecified atom stereocenters. The van der Waals surface area contributed by atoms with Crippen molar-refractivity contribution in [2.24, 2.45) is 9.98 Å². The molecule has 0 fully saturated rings. The molecule has 2 aliphatic rings. The average Bonchev–Trinajstić information content (AvgIpc) is 3.84. The summed E-state index contributed by atoms with van der Waals surface area (Å²) in [5.41, 5.74) is 0. The summed E-state index contributed by atoms with van der Waals surface area (Å²) in [4.78, 5) is 9.64. The molecule has 0 aliphatic carbocycles. The first-order valence-electron chi connectivity index (χ1n) is 25.3. The highest BCUT2D eigenvalue weighted by Gasteiger charge is 2.35. The van der Waals surface area contributed by atoms with E-state index in [4.69, 9.17) is 27.5 Å². The number of quaternary nitrogens is 2. The average molecular weight is 851 g/mol. The molecule has 2 heterocycles. The summed E-state index contributed by atoms with van der Waals surface area (Å²) in [6, 6.07) is 0. The standard InChI is InChI=1S/2C25H49N2.H2O4S/c2*1-4-7-8-9-10-11-12-13-14-15-16-17-18-19-20-21-22-25-26-23-24-27(25,5-2)6-3;1-5(2,3)4/h2*13-14H,4-12,15-24H2,1-3H3;(H2,1,2,3,4)/q2*+1;/p-2/b2*14-13-;. The van der Waals surface area contributed by atoms with Crippen LogP contribution in [-0.2, 0) is 10.4 Å². The number of rotatable bonds is 36. The van der Waals surface area contributed by atoms with E-state index in [0.717, 1.165) is 13.1 Å². The molecule has 0 saturated carbocycles. The summed E-state index contributed by atoms with van der Waals surface area (Å²) in [6.45, 7) is 23.4. The lowest BCUT2D eigenvalue weighted by molar-refractivity contribution is -0.832. The number of hydrogen-bond donors (Lipinski definition) is 0. The van der Waals surface area contributed by atoms with Crippen molar-refractivity contribution in [2.75, 3.05) is 52.4 Å². The van der Waals surface area contributed by atoms with Crippen LogP contribution in [0.3, 0.4) is 0 Å². The third kappa shape index (κ3) is 32.0. The molecular weight excluding hydrogens is 753 g/mol. The molecule has 0 saturated heterocycles. The van der Waals surface area contributed by atoms with Crippen molar-refractivity contribution < 1.29 is 26.5 Å². The monoisotopic (exact) mass is 851 g/mol. The first kappa shape index (κ1) is 57.6. The number of aliphatic imine (C=N–C) groups is 2. The Morgan fingerprint density at radius 1 is 0.424 bits per heavy atom. The quantitative estimate of drug-likeness (QED) is 0.0206. The van der Waals surface area contributed by atoms with Crippen LogP contribution in [0.2, 0.25) is 0 Å². The van der Waals surface area contributed by atoms with Crippen LogP contribution in [0.15, 0.2) is 34.3 Å². The van der Waals surface area contributed by atoms with Gasteiger partial charge in [0.05, 0.1) is 39.3 Å². The fourth-order valence-electron chi connectivity index (χ4n) is 8.80. The predicted octanol–water partition coefficient (Wildman–Crippen LogP) is 14.0. The fraction of sp³-hybridized carbons (Fsp3) is 0.880. The van der Waals surface area contributed by atoms with Gasteiger partial charge in [-0.2, -0.15) is 0 Å². The van der Waals surface area contributed by atoms with Gasteiger partial charge in [-0.05, 0) is 91.9 Å². The van der Waals surface area contributed by atoms with Gasteiger partial charge in [0.2, 0.25) is 0 Å². The zero-order chi connectivity index (χ0) is 43.8. The minimum absolute atomic E-state index is 1.06. The minimum atomic E-state index is -5.17. The molecule has 0 spiro atoms. The number of nitrogens with zero attached hydrogens (tertiary/aromatic N) is 4. The number of hydrogen-bond acceptors (Lipinski definition) is 6. The molecule has 0 radical (unpaired) electrons. The summed E-state index contributed by atoms with van der Waals surface area (Å²) < 4.78 is 36.4. The molecule has 0 aromatic rings. The third-order valence-electron chi connectivity index (χ3n) is 13.0. The summed E-state index contributed by atoms with van der Waals surface area (Å²) in [6.07, 6.45) is 51.0. The van der Waals surface area contributed by atoms with Crippen LogP contribution in [0.25, 0.3) is 0 Å². The second-order valence-corrected chi connectivity index (χ2v) is 18.2. The maximum atomic E-state index is 8.52. The Morgan fingerprint density at radius 3 is 0.915 bits per heavy atom. The molecule has 348 valence electrons. The van der Waals surface area contributed by atoms with E-state index in [1.54, 1.807) is 0 Å². The van der Waals surface area contributed by atoms with E-state index < -0.39 is 10.4 Å². The molecule has 0 aromatic heterocycles. The Hall–Kier alpha value is -1.39. The van der Waals surface area contributed by atoms with E-state index in [1.807, 2.05) is 0 Å². The summed E-state index contributed by atoms with van der Waals surface area (Å²) in [7, 11) is -5.17. The van der Waals surface area contributed by atoms with Gasteiger partial charge in [0.1, 0.15) is 13.1 Å². The van der Waals surface area contributed by atoms with Crippen molar-refractivity contribution in [1.82, 2.24) is 0 Å². The van der Waals surface area contributed by atoms with Crippen molar-refractivity contribution in [2.45, 2.75) is 234 Å². The van der Waals surface area contributed by atoms with E-state index in [1.165, 1.54) is 253 Å². The largest absolute Gasteiger partial charge is 0.759 e. The molecule has 0 aromatic carbocycles. The Bertz CT molecular complexity index is 1090. The first-order chi connectivity index (χ1) is 28.6. The van der Waals surface area contributed by atoms with Crippen LogP contribution in [0.1, 0.15) is 234 Å². The molecule has 59 heavy (non-hydrogen) atoms. The molecular formula is C50H98N4O4S. The maximum Gasteiger partial charge on any atom is 0.198 e. The lowest BCUT2D eigenvalue weighted by Gasteiger charge is -2.32. The third-order valence-corrected chi connectivity index (χ3v) is 13.0. The van der Waals surface area contributed by atoms with Crippen LogP contribution < -0.4 is 0 Å². The smallest absolute Gasteiger partial charge is 0.198 e. The van der Waals surface area contributed by atoms with Gasteiger partial charge in [-0.1, -0.05) is 154 Å². The topological polar surface area (TPSA) is 105 Å². The molecule has 2 aliphatic heterocycles. The van der Waals surface area contributed by atoms with Gasteiger partial charge >= 0.3 is 0 Å². The first-order valence-corrected chi connectivity index (χ1v) is 26.7. The highest BCUT2D eigenvalue weighted by molar-refractivity contribution is 7.79. The molecule has 9 heteroatoms. The molecule has 0 amide bonds. The lowest BCUT2D eigenvalue weighted by atomic mass is 10.1. The van der Waals surface area contributed by atoms with Crippen LogP contribution in [0.5, 0.6) is 0 Å². The van der Waals surface area contributed by atoms with Crippen LogP contribution in [-0.4, -0.2) is 90.5 Å². The van der Waals surface area contributed by atoms with E-state index in [0.29, 0.717) is 0 Å². The van der Waals surface area contributed by atoms with Crippen molar-refractivity contribution in [1.29, 1.82) is 0 Å². The van der Waals surface area contributed by atoms with E-state index in [2.05, 4.69) is 65.8 Å². The lowest BCUT2D eigenvalue weighted by Crippen LogP contribution is -2.50. The van der Waals surface area contributed by atoms with E-state index in [9.17, 15) is 0 Å². The van der Waals surface area contributed by atoms with Crippen molar-refractivity contribution in [3.8, 4) is 0 Å². The Morgan fingerprint density at radius 2 is 0.661 bits per heavy atom. The SMILES string of the molecule is CCCCCCCC/C=C\CCCCCCCCC1=NCC[N+]1(CC)CC.CCCCCCCC/C=C\CCCCCCCCC1=NCC[N+]1(CC)CC.O=S(=O)([O-])[O-]. The number of allylic oxidation sites excluding steroid dienone is 4. The second-order valence-electron chi connectivity index (χ2n) is 17.4. The van der Waals surface area contributed by atoms with Gasteiger partial charge in [-0.25, -0.2) is 9.98 Å². The Kier molecular flexibility index (Phi) is 38.5. The Balaban J connectivity index is 0.00000102. The normalized spacial score (nSPS) is 15.9. The highest BCUT2D eigenvalue weighted by Crippen LogP contribution is 2.21. The molecule has 0 N–H and O–H groups in total. The predicted molar refractivity (Wildman–Crippen MR) is 256 cm³/mol. The number of likely N-dealkylation sites (N-methyl/N-ethyl adjacent to an activating group) is 2. The number of unbranched alkanes of at least 4 members (excludes halogenated alkanes) is 24. The van der Waals surface area contributed by atoms with Gasteiger partial charge in [0.15, 0.2) is 11.7 Å². The van der Waals surface area contributed by atoms with Crippen molar-refractivity contribution in [3.63, 3.8) is 0 Å². The minimum Gasteiger partial charge on any atom is -0.759 e. The second kappa shape index (κ2) is 39.5.